The van der Waals surface area contributed by atoms with Gasteiger partial charge in [-0.1, -0.05) is 29.1 Å². The molecule has 212 valence electrons. The van der Waals surface area contributed by atoms with Gasteiger partial charge in [-0.3, -0.25) is 4.90 Å². The highest BCUT2D eigenvalue weighted by atomic mass is 16.7. The molecule has 6 rings (SSSR count). The van der Waals surface area contributed by atoms with E-state index in [0.29, 0.717) is 6.54 Å². The molecule has 0 saturated carbocycles. The Labute approximate surface area is 241 Å². The van der Waals surface area contributed by atoms with Crippen molar-refractivity contribution in [2.24, 2.45) is 0 Å². The summed E-state index contributed by atoms with van der Waals surface area (Å²) in [7, 11) is 0. The average Bonchev–Trinajstić information content (AvgIpc) is 3.68. The molecule has 2 aliphatic heterocycles. The van der Waals surface area contributed by atoms with Crippen molar-refractivity contribution in [3.63, 3.8) is 0 Å². The first kappa shape index (κ1) is 27.4. The lowest BCUT2D eigenvalue weighted by molar-refractivity contribution is -0.188. The zero-order chi connectivity index (χ0) is 27.9. The number of benzene rings is 2. The SMILES string of the molecule is C[C@H](OC1CCCCO1)c1nccn1Cc1cc(-c2ccc(C#Cc3ccc(CN4CCOCC4)cc3)cc2)on1. The van der Waals surface area contributed by atoms with E-state index in [-0.39, 0.29) is 12.4 Å². The van der Waals surface area contributed by atoms with Crippen LogP contribution in [0.2, 0.25) is 0 Å². The van der Waals surface area contributed by atoms with Crippen molar-refractivity contribution >= 4 is 0 Å². The van der Waals surface area contributed by atoms with Crippen LogP contribution >= 0.6 is 0 Å². The molecule has 2 aromatic heterocycles. The summed E-state index contributed by atoms with van der Waals surface area (Å²) in [5, 5.41) is 4.30. The standard InChI is InChI=1S/C33H36N4O4/c1-25(40-32-4-2-3-19-39-32)33-34-15-16-37(33)24-30-22-31(41-35-30)29-13-11-27(12-14-29)6-5-26-7-9-28(10-8-26)23-36-17-20-38-21-18-36/h7-16,22,25,32H,2-4,17-21,23-24H2,1H3/t25-,32?/m0/s1. The Bertz CT molecular complexity index is 1450. The molecular weight excluding hydrogens is 516 g/mol. The van der Waals surface area contributed by atoms with Crippen LogP contribution in [0.15, 0.2) is 71.5 Å². The van der Waals surface area contributed by atoms with Gasteiger partial charge in [0.05, 0.1) is 19.8 Å². The molecule has 2 saturated heterocycles. The van der Waals surface area contributed by atoms with Crippen molar-refractivity contribution in [2.45, 2.75) is 51.7 Å². The van der Waals surface area contributed by atoms with Crippen molar-refractivity contribution in [3.05, 3.63) is 95.2 Å². The number of nitrogens with zero attached hydrogens (tertiary/aromatic N) is 4. The van der Waals surface area contributed by atoms with Crippen LogP contribution in [0.1, 0.15) is 60.5 Å². The molecule has 0 radical (unpaired) electrons. The second kappa shape index (κ2) is 13.3. The lowest BCUT2D eigenvalue weighted by Crippen LogP contribution is -2.35. The Balaban J connectivity index is 1.05. The van der Waals surface area contributed by atoms with Gasteiger partial charge in [0.2, 0.25) is 0 Å². The van der Waals surface area contributed by atoms with E-state index in [1.165, 1.54) is 5.56 Å². The quantitative estimate of drug-likeness (QED) is 0.270. The minimum Gasteiger partial charge on any atom is -0.379 e. The molecule has 2 fully saturated rings. The number of hydrogen-bond acceptors (Lipinski definition) is 7. The maximum Gasteiger partial charge on any atom is 0.167 e. The van der Waals surface area contributed by atoms with Crippen molar-refractivity contribution < 1.29 is 18.7 Å². The Morgan fingerprint density at radius 1 is 0.951 bits per heavy atom. The number of aromatic nitrogens is 3. The van der Waals surface area contributed by atoms with E-state index in [0.717, 1.165) is 92.7 Å². The summed E-state index contributed by atoms with van der Waals surface area (Å²) in [4.78, 5) is 6.94. The highest BCUT2D eigenvalue weighted by molar-refractivity contribution is 5.59. The number of imidazole rings is 1. The third-order valence-electron chi connectivity index (χ3n) is 7.48. The van der Waals surface area contributed by atoms with Gasteiger partial charge < -0.3 is 23.3 Å². The monoisotopic (exact) mass is 552 g/mol. The summed E-state index contributed by atoms with van der Waals surface area (Å²) in [6.45, 7) is 7.88. The van der Waals surface area contributed by atoms with Crippen LogP contribution in [0.4, 0.5) is 0 Å². The molecule has 2 aliphatic rings. The van der Waals surface area contributed by atoms with Gasteiger partial charge in [0.25, 0.3) is 0 Å². The molecular formula is C33H36N4O4. The molecule has 4 aromatic rings. The minimum absolute atomic E-state index is 0.165. The van der Waals surface area contributed by atoms with Crippen molar-refractivity contribution in [1.29, 1.82) is 0 Å². The van der Waals surface area contributed by atoms with Gasteiger partial charge in [0.1, 0.15) is 17.6 Å². The predicted molar refractivity (Wildman–Crippen MR) is 155 cm³/mol. The number of hydrogen-bond donors (Lipinski definition) is 0. The van der Waals surface area contributed by atoms with Crippen LogP contribution in [0.3, 0.4) is 0 Å². The molecule has 2 atom stereocenters. The summed E-state index contributed by atoms with van der Waals surface area (Å²) < 4.78 is 25.0. The van der Waals surface area contributed by atoms with Crippen LogP contribution in [-0.2, 0) is 27.3 Å². The van der Waals surface area contributed by atoms with Gasteiger partial charge >= 0.3 is 0 Å². The fourth-order valence-corrected chi connectivity index (χ4v) is 5.19. The second-order valence-electron chi connectivity index (χ2n) is 10.6. The van der Waals surface area contributed by atoms with Gasteiger partial charge in [-0.2, -0.15) is 0 Å². The second-order valence-corrected chi connectivity index (χ2v) is 10.6. The highest BCUT2D eigenvalue weighted by Gasteiger charge is 2.21. The van der Waals surface area contributed by atoms with Gasteiger partial charge in [0, 0.05) is 61.4 Å². The van der Waals surface area contributed by atoms with Crippen LogP contribution in [0.5, 0.6) is 0 Å². The molecule has 41 heavy (non-hydrogen) atoms. The first-order chi connectivity index (χ1) is 20.2. The number of rotatable bonds is 8. The molecule has 0 bridgehead atoms. The first-order valence-electron chi connectivity index (χ1n) is 14.4. The molecule has 8 nitrogen and oxygen atoms in total. The maximum atomic E-state index is 6.12. The van der Waals surface area contributed by atoms with E-state index in [1.807, 2.05) is 48.0 Å². The van der Waals surface area contributed by atoms with Crippen LogP contribution in [-0.4, -0.2) is 58.8 Å². The van der Waals surface area contributed by atoms with E-state index < -0.39 is 0 Å². The first-order valence-corrected chi connectivity index (χ1v) is 14.4. The van der Waals surface area contributed by atoms with Crippen molar-refractivity contribution in [2.75, 3.05) is 32.9 Å². The van der Waals surface area contributed by atoms with Gasteiger partial charge in [-0.05, 0) is 68.1 Å². The largest absolute Gasteiger partial charge is 0.379 e. The normalized spacial score (nSPS) is 18.5. The lowest BCUT2D eigenvalue weighted by atomic mass is 10.1. The Morgan fingerprint density at radius 3 is 2.44 bits per heavy atom. The van der Waals surface area contributed by atoms with Crippen LogP contribution in [0.25, 0.3) is 11.3 Å². The summed E-state index contributed by atoms with van der Waals surface area (Å²) >= 11 is 0. The van der Waals surface area contributed by atoms with Gasteiger partial charge in [-0.15, -0.1) is 0 Å². The molecule has 1 unspecified atom stereocenters. The molecule has 0 spiro atoms. The Hall–Kier alpha value is -3.74. The lowest BCUT2D eigenvalue weighted by Gasteiger charge is -2.26. The topological polar surface area (TPSA) is 74.8 Å². The Kier molecular flexibility index (Phi) is 8.89. The fourth-order valence-electron chi connectivity index (χ4n) is 5.19. The van der Waals surface area contributed by atoms with E-state index in [2.05, 4.69) is 51.1 Å². The molecule has 0 N–H and O–H groups in total. The van der Waals surface area contributed by atoms with Crippen LogP contribution in [0, 0.1) is 11.8 Å². The van der Waals surface area contributed by atoms with Crippen molar-refractivity contribution in [3.8, 4) is 23.2 Å². The van der Waals surface area contributed by atoms with E-state index >= 15 is 0 Å². The third kappa shape index (κ3) is 7.32. The van der Waals surface area contributed by atoms with Crippen molar-refractivity contribution in [1.82, 2.24) is 19.6 Å². The predicted octanol–water partition coefficient (Wildman–Crippen LogP) is 5.42. The zero-order valence-corrected chi connectivity index (χ0v) is 23.5. The number of morpholine rings is 1. The minimum atomic E-state index is -0.179. The maximum absolute atomic E-state index is 6.12. The summed E-state index contributed by atoms with van der Waals surface area (Å²) in [5.41, 5.74) is 5.03. The summed E-state index contributed by atoms with van der Waals surface area (Å²) in [5.74, 6) is 8.11. The molecule has 0 amide bonds. The fraction of sp³-hybridized carbons (Fsp3) is 0.394. The highest BCUT2D eigenvalue weighted by Crippen LogP contribution is 2.25. The average molecular weight is 553 g/mol. The van der Waals surface area contributed by atoms with Crippen LogP contribution < -0.4 is 0 Å². The molecule has 0 aliphatic carbocycles. The molecule has 4 heterocycles. The number of ether oxygens (including phenoxy) is 3. The molecule has 8 heteroatoms. The van der Waals surface area contributed by atoms with Gasteiger partial charge in [-0.25, -0.2) is 4.98 Å². The summed E-state index contributed by atoms with van der Waals surface area (Å²) in [6.07, 6.45) is 6.53. The molecule has 2 aromatic carbocycles. The zero-order valence-electron chi connectivity index (χ0n) is 23.5. The summed E-state index contributed by atoms with van der Waals surface area (Å²) in [6, 6.07) is 18.5. The van der Waals surface area contributed by atoms with Gasteiger partial charge in [0.15, 0.2) is 12.1 Å². The third-order valence-corrected chi connectivity index (χ3v) is 7.48. The Morgan fingerprint density at radius 2 is 1.71 bits per heavy atom. The van der Waals surface area contributed by atoms with E-state index in [4.69, 9.17) is 18.7 Å². The van der Waals surface area contributed by atoms with E-state index in [1.54, 1.807) is 6.20 Å². The smallest absolute Gasteiger partial charge is 0.167 e. The van der Waals surface area contributed by atoms with E-state index in [9.17, 15) is 0 Å².